The molecule has 160 valence electrons. The van der Waals surface area contributed by atoms with E-state index < -0.39 is 29.3 Å². The van der Waals surface area contributed by atoms with Crippen molar-refractivity contribution in [3.05, 3.63) is 57.0 Å². The second-order valence-electron chi connectivity index (χ2n) is 7.22. The third kappa shape index (κ3) is 4.11. The minimum atomic E-state index is -0.818. The van der Waals surface area contributed by atoms with Crippen molar-refractivity contribution < 1.29 is 28.6 Å². The molecular formula is C22H24FNO5S. The van der Waals surface area contributed by atoms with Gasteiger partial charge in [-0.15, -0.1) is 11.3 Å². The number of carbonyl (C=O) groups is 2. The molecular weight excluding hydrogens is 409 g/mol. The molecule has 3 rings (SSSR count). The fraction of sp³-hybridized carbons (Fsp3) is 0.364. The van der Waals surface area contributed by atoms with Gasteiger partial charge in [0.15, 0.2) is 0 Å². The lowest BCUT2D eigenvalue weighted by Gasteiger charge is -2.25. The number of ketones is 1. The number of methoxy groups -OCH3 is 1. The molecule has 2 heterocycles. The molecule has 1 aromatic heterocycles. The standard InChI is InChI=1S/C22H24FNO5S/c1-12(2)29-9-8-24-18(21-13(3)7-10-30-21)17(20(26)22(24)27)19(25)15-11-14(23)5-6-16(15)28-4/h5-7,10-12,18,25H,8-9H2,1-4H3/b19-17+. The molecule has 1 atom stereocenters. The van der Waals surface area contributed by atoms with E-state index in [1.165, 1.54) is 35.5 Å². The van der Waals surface area contributed by atoms with Gasteiger partial charge in [0, 0.05) is 11.4 Å². The van der Waals surface area contributed by atoms with E-state index in [1.807, 2.05) is 32.2 Å². The van der Waals surface area contributed by atoms with Crippen molar-refractivity contribution in [2.45, 2.75) is 32.9 Å². The van der Waals surface area contributed by atoms with Gasteiger partial charge in [0.05, 0.1) is 37.0 Å². The molecule has 0 aliphatic carbocycles. The molecule has 1 aliphatic rings. The third-order valence-electron chi connectivity index (χ3n) is 4.89. The number of aryl methyl sites for hydroxylation is 1. The Morgan fingerprint density at radius 3 is 2.63 bits per heavy atom. The Balaban J connectivity index is 2.15. The first kappa shape index (κ1) is 22.0. The highest BCUT2D eigenvalue weighted by atomic mass is 32.1. The van der Waals surface area contributed by atoms with Crippen LogP contribution in [0.25, 0.3) is 5.76 Å². The van der Waals surface area contributed by atoms with Crippen LogP contribution in [-0.2, 0) is 14.3 Å². The smallest absolute Gasteiger partial charge is 0.295 e. The van der Waals surface area contributed by atoms with Crippen molar-refractivity contribution in [2.24, 2.45) is 0 Å². The van der Waals surface area contributed by atoms with E-state index in [0.29, 0.717) is 0 Å². The van der Waals surface area contributed by atoms with E-state index >= 15 is 0 Å². The predicted octanol–water partition coefficient (Wildman–Crippen LogP) is 4.05. The first-order chi connectivity index (χ1) is 14.3. The number of hydrogen-bond donors (Lipinski definition) is 1. The molecule has 1 aliphatic heterocycles. The molecule has 8 heteroatoms. The van der Waals surface area contributed by atoms with Gasteiger partial charge < -0.3 is 19.5 Å². The summed E-state index contributed by atoms with van der Waals surface area (Å²) in [5.74, 6) is -2.40. The lowest BCUT2D eigenvalue weighted by Crippen LogP contribution is -2.33. The fourth-order valence-electron chi connectivity index (χ4n) is 3.44. The average molecular weight is 434 g/mol. The highest BCUT2D eigenvalue weighted by Crippen LogP contribution is 2.43. The van der Waals surface area contributed by atoms with Crippen LogP contribution in [0.15, 0.2) is 35.2 Å². The molecule has 1 aromatic carbocycles. The Hall–Kier alpha value is -2.71. The van der Waals surface area contributed by atoms with Crippen molar-refractivity contribution >= 4 is 28.8 Å². The van der Waals surface area contributed by atoms with E-state index in [2.05, 4.69) is 0 Å². The quantitative estimate of drug-likeness (QED) is 0.405. The Morgan fingerprint density at radius 1 is 1.30 bits per heavy atom. The molecule has 2 aromatic rings. The van der Waals surface area contributed by atoms with Crippen molar-refractivity contribution in [1.29, 1.82) is 0 Å². The fourth-order valence-corrected chi connectivity index (χ4v) is 4.49. The van der Waals surface area contributed by atoms with Gasteiger partial charge in [-0.1, -0.05) is 0 Å². The van der Waals surface area contributed by atoms with Crippen LogP contribution in [-0.4, -0.2) is 48.1 Å². The zero-order valence-electron chi connectivity index (χ0n) is 17.3. The average Bonchev–Trinajstić information content (AvgIpc) is 3.23. The first-order valence-corrected chi connectivity index (χ1v) is 10.4. The van der Waals surface area contributed by atoms with Crippen molar-refractivity contribution in [3.63, 3.8) is 0 Å². The Morgan fingerprint density at radius 2 is 2.03 bits per heavy atom. The number of benzene rings is 1. The van der Waals surface area contributed by atoms with Crippen molar-refractivity contribution in [1.82, 2.24) is 4.90 Å². The number of thiophene rings is 1. The molecule has 1 amide bonds. The maximum atomic E-state index is 13.9. The van der Waals surface area contributed by atoms with Crippen LogP contribution < -0.4 is 4.74 Å². The first-order valence-electron chi connectivity index (χ1n) is 9.54. The van der Waals surface area contributed by atoms with Crippen LogP contribution in [0.2, 0.25) is 0 Å². The maximum Gasteiger partial charge on any atom is 0.295 e. The van der Waals surface area contributed by atoms with Gasteiger partial charge >= 0.3 is 0 Å². The number of rotatable bonds is 7. The molecule has 0 saturated carbocycles. The van der Waals surface area contributed by atoms with E-state index in [9.17, 15) is 19.1 Å². The number of Topliss-reactive ketones (excluding diaryl/α,β-unsaturated/α-hetero) is 1. The van der Waals surface area contributed by atoms with Crippen LogP contribution in [0, 0.1) is 12.7 Å². The monoisotopic (exact) mass is 433 g/mol. The zero-order valence-corrected chi connectivity index (χ0v) is 18.1. The number of amides is 1. The molecule has 6 nitrogen and oxygen atoms in total. The zero-order chi connectivity index (χ0) is 22.0. The maximum absolute atomic E-state index is 13.9. The van der Waals surface area contributed by atoms with Crippen LogP contribution >= 0.6 is 11.3 Å². The summed E-state index contributed by atoms with van der Waals surface area (Å²) < 4.78 is 24.7. The van der Waals surface area contributed by atoms with Crippen molar-refractivity contribution in [2.75, 3.05) is 20.3 Å². The van der Waals surface area contributed by atoms with Gasteiger partial charge in [0.25, 0.3) is 11.7 Å². The van der Waals surface area contributed by atoms with Crippen LogP contribution in [0.3, 0.4) is 0 Å². The lowest BCUT2D eigenvalue weighted by molar-refractivity contribution is -0.140. The number of aliphatic hydroxyl groups excluding tert-OH is 1. The third-order valence-corrected chi connectivity index (χ3v) is 5.96. The summed E-state index contributed by atoms with van der Waals surface area (Å²) in [6.07, 6.45) is -0.0275. The van der Waals surface area contributed by atoms with Gasteiger partial charge in [-0.05, 0) is 56.0 Å². The molecule has 1 fully saturated rings. The summed E-state index contributed by atoms with van der Waals surface area (Å²) in [6.45, 7) is 6.06. The van der Waals surface area contributed by atoms with Crippen LogP contribution in [0.5, 0.6) is 5.75 Å². The number of hydrogen-bond acceptors (Lipinski definition) is 6. The SMILES string of the molecule is COc1ccc(F)cc1/C(O)=C1\C(=O)C(=O)N(CCOC(C)C)C1c1sccc1C. The number of aliphatic hydroxyl groups is 1. The van der Waals surface area contributed by atoms with Gasteiger partial charge in [-0.25, -0.2) is 4.39 Å². The predicted molar refractivity (Wildman–Crippen MR) is 112 cm³/mol. The highest BCUT2D eigenvalue weighted by molar-refractivity contribution is 7.10. The molecule has 1 N–H and O–H groups in total. The number of carbonyl (C=O) groups excluding carboxylic acids is 2. The second-order valence-corrected chi connectivity index (χ2v) is 8.17. The number of likely N-dealkylation sites (tertiary alicyclic amines) is 1. The number of nitrogens with zero attached hydrogens (tertiary/aromatic N) is 1. The summed E-state index contributed by atoms with van der Waals surface area (Å²) in [5.41, 5.74) is 0.825. The van der Waals surface area contributed by atoms with E-state index in [1.54, 1.807) is 0 Å². The molecule has 1 unspecified atom stereocenters. The summed E-state index contributed by atoms with van der Waals surface area (Å²) in [5, 5.41) is 12.9. The van der Waals surface area contributed by atoms with Gasteiger partial charge in [-0.2, -0.15) is 0 Å². The second kappa shape index (κ2) is 8.97. The van der Waals surface area contributed by atoms with Gasteiger partial charge in [0.1, 0.15) is 17.3 Å². The van der Waals surface area contributed by atoms with Crippen molar-refractivity contribution in [3.8, 4) is 5.75 Å². The van der Waals surface area contributed by atoms with Gasteiger partial charge in [0.2, 0.25) is 0 Å². The molecule has 30 heavy (non-hydrogen) atoms. The Kier molecular flexibility index (Phi) is 6.58. The van der Waals surface area contributed by atoms with E-state index in [4.69, 9.17) is 9.47 Å². The highest BCUT2D eigenvalue weighted by Gasteiger charge is 2.47. The Labute approximate surface area is 178 Å². The Bertz CT molecular complexity index is 997. The molecule has 0 spiro atoms. The summed E-state index contributed by atoms with van der Waals surface area (Å²) in [7, 11) is 1.38. The molecule has 0 bridgehead atoms. The molecule has 0 radical (unpaired) electrons. The molecule has 1 saturated heterocycles. The minimum Gasteiger partial charge on any atom is -0.507 e. The normalized spacial score (nSPS) is 18.5. The van der Waals surface area contributed by atoms with Crippen LogP contribution in [0.1, 0.15) is 35.9 Å². The lowest BCUT2D eigenvalue weighted by atomic mass is 9.98. The summed E-state index contributed by atoms with van der Waals surface area (Å²) in [6, 6.07) is 4.74. The topological polar surface area (TPSA) is 76.1 Å². The summed E-state index contributed by atoms with van der Waals surface area (Å²) >= 11 is 1.39. The largest absolute Gasteiger partial charge is 0.507 e. The van der Waals surface area contributed by atoms with Gasteiger partial charge in [-0.3, -0.25) is 9.59 Å². The number of ether oxygens (including phenoxy) is 2. The van der Waals surface area contributed by atoms with E-state index in [0.717, 1.165) is 16.5 Å². The van der Waals surface area contributed by atoms with Crippen LogP contribution in [0.4, 0.5) is 4.39 Å². The van der Waals surface area contributed by atoms with E-state index in [-0.39, 0.29) is 36.1 Å². The summed E-state index contributed by atoms with van der Waals surface area (Å²) in [4.78, 5) is 28.0. The number of halogens is 1. The minimum absolute atomic E-state index is 0.0214.